The minimum Gasteiger partial charge on any atom is -0.489 e. The lowest BCUT2D eigenvalue weighted by Crippen LogP contribution is -2.45. The van der Waals surface area contributed by atoms with Crippen LogP contribution in [0.3, 0.4) is 0 Å². The number of carboxylic acids is 1. The Labute approximate surface area is 164 Å². The summed E-state index contributed by atoms with van der Waals surface area (Å²) in [4.78, 5) is 23.1. The molecule has 0 saturated carbocycles. The summed E-state index contributed by atoms with van der Waals surface area (Å²) >= 11 is 6.05. The van der Waals surface area contributed by atoms with Gasteiger partial charge in [-0.1, -0.05) is 11.6 Å². The highest BCUT2D eigenvalue weighted by atomic mass is 35.5. The fourth-order valence-electron chi connectivity index (χ4n) is 2.79. The van der Waals surface area contributed by atoms with E-state index in [1.807, 2.05) is 0 Å². The average molecular weight is 399 g/mol. The van der Waals surface area contributed by atoms with Gasteiger partial charge in [0.25, 0.3) is 0 Å². The third-order valence-electron chi connectivity index (χ3n) is 4.30. The second-order valence-corrected chi connectivity index (χ2v) is 7.73. The van der Waals surface area contributed by atoms with Gasteiger partial charge in [0.05, 0.1) is 11.8 Å². The van der Waals surface area contributed by atoms with Crippen molar-refractivity contribution in [1.29, 1.82) is 0 Å². The Kier molecular flexibility index (Phi) is 7.74. The minimum absolute atomic E-state index is 0.0276. The maximum absolute atomic E-state index is 12.3. The summed E-state index contributed by atoms with van der Waals surface area (Å²) in [5.41, 5.74) is -0.220. The molecule has 2 rings (SSSR count). The summed E-state index contributed by atoms with van der Waals surface area (Å²) in [7, 11) is 0. The van der Waals surface area contributed by atoms with Gasteiger partial charge in [0.1, 0.15) is 12.4 Å². The van der Waals surface area contributed by atoms with Crippen molar-refractivity contribution in [1.82, 2.24) is 5.32 Å². The van der Waals surface area contributed by atoms with Crippen molar-refractivity contribution in [2.75, 3.05) is 18.5 Å². The van der Waals surface area contributed by atoms with Gasteiger partial charge >= 0.3 is 12.0 Å². The van der Waals surface area contributed by atoms with E-state index in [0.29, 0.717) is 29.5 Å². The molecule has 1 aromatic rings. The molecule has 8 heteroatoms. The molecule has 0 bridgehead atoms. The Bertz CT molecular complexity index is 660. The second kappa shape index (κ2) is 9.80. The highest BCUT2D eigenvalue weighted by Gasteiger charge is 2.22. The molecule has 1 heterocycles. The van der Waals surface area contributed by atoms with Crippen LogP contribution >= 0.6 is 11.6 Å². The number of aliphatic carboxylic acids is 1. The van der Waals surface area contributed by atoms with Crippen LogP contribution in [0, 0.1) is 0 Å². The van der Waals surface area contributed by atoms with E-state index < -0.39 is 17.5 Å². The van der Waals surface area contributed by atoms with Crippen LogP contribution in [0.2, 0.25) is 5.02 Å². The minimum atomic E-state index is -0.902. The molecule has 1 fully saturated rings. The van der Waals surface area contributed by atoms with Gasteiger partial charge in [-0.2, -0.15) is 0 Å². The zero-order valence-corrected chi connectivity index (χ0v) is 16.5. The first-order chi connectivity index (χ1) is 12.7. The number of ether oxygens (including phenoxy) is 2. The first-order valence-corrected chi connectivity index (χ1v) is 9.48. The molecule has 1 unspecified atom stereocenters. The third kappa shape index (κ3) is 7.64. The fraction of sp³-hybridized carbons (Fsp3) is 0.579. The maximum Gasteiger partial charge on any atom is 0.319 e. The molecule has 27 heavy (non-hydrogen) atoms. The molecule has 2 amide bonds. The summed E-state index contributed by atoms with van der Waals surface area (Å²) in [5, 5.41) is 14.8. The molecular formula is C19H27ClN2O5. The third-order valence-corrected chi connectivity index (χ3v) is 4.54. The smallest absolute Gasteiger partial charge is 0.319 e. The highest BCUT2D eigenvalue weighted by Crippen LogP contribution is 2.29. The number of carboxylic acid groups (broad SMARTS) is 1. The largest absolute Gasteiger partial charge is 0.489 e. The van der Waals surface area contributed by atoms with Gasteiger partial charge in [0.2, 0.25) is 0 Å². The van der Waals surface area contributed by atoms with Crippen LogP contribution in [0.5, 0.6) is 5.75 Å². The normalized spacial score (nSPS) is 17.2. The number of carbonyl (C=O) groups excluding carboxylic acids is 1. The van der Waals surface area contributed by atoms with Gasteiger partial charge in [-0.05, 0) is 57.7 Å². The number of carbonyl (C=O) groups is 2. The topological polar surface area (TPSA) is 96.9 Å². The molecule has 1 atom stereocenters. The van der Waals surface area contributed by atoms with Crippen LogP contribution in [-0.2, 0) is 9.53 Å². The Morgan fingerprint density at radius 1 is 1.37 bits per heavy atom. The zero-order valence-electron chi connectivity index (χ0n) is 15.7. The van der Waals surface area contributed by atoms with E-state index >= 15 is 0 Å². The van der Waals surface area contributed by atoms with Crippen molar-refractivity contribution in [3.8, 4) is 5.75 Å². The lowest BCUT2D eigenvalue weighted by atomic mass is 9.99. The van der Waals surface area contributed by atoms with Gasteiger partial charge in [-0.25, -0.2) is 4.79 Å². The second-order valence-electron chi connectivity index (χ2n) is 7.30. The number of halogens is 1. The van der Waals surface area contributed by atoms with E-state index in [9.17, 15) is 9.59 Å². The van der Waals surface area contributed by atoms with E-state index in [2.05, 4.69) is 10.6 Å². The lowest BCUT2D eigenvalue weighted by molar-refractivity contribution is -0.137. The van der Waals surface area contributed by atoms with Crippen LogP contribution in [0.15, 0.2) is 18.2 Å². The predicted molar refractivity (Wildman–Crippen MR) is 104 cm³/mol. The number of amides is 2. The van der Waals surface area contributed by atoms with Gasteiger partial charge in [0, 0.05) is 23.6 Å². The van der Waals surface area contributed by atoms with Gasteiger partial charge in [-0.15, -0.1) is 0 Å². The summed E-state index contributed by atoms with van der Waals surface area (Å²) in [5.74, 6) is -0.396. The number of anilines is 1. The average Bonchev–Trinajstić information content (AvgIpc) is 2.60. The van der Waals surface area contributed by atoms with Gasteiger partial charge in [0.15, 0.2) is 0 Å². The highest BCUT2D eigenvalue weighted by molar-refractivity contribution is 6.31. The summed E-state index contributed by atoms with van der Waals surface area (Å²) in [6.45, 7) is 4.69. The molecular weight excluding hydrogens is 372 g/mol. The van der Waals surface area contributed by atoms with Crippen molar-refractivity contribution >= 4 is 29.3 Å². The summed E-state index contributed by atoms with van der Waals surface area (Å²) in [6, 6.07) is 4.56. The lowest BCUT2D eigenvalue weighted by Gasteiger charge is -2.26. The zero-order chi connectivity index (χ0) is 19.9. The van der Waals surface area contributed by atoms with E-state index in [1.165, 1.54) is 0 Å². The number of nitrogens with one attached hydrogen (secondary N) is 2. The van der Waals surface area contributed by atoms with E-state index in [0.717, 1.165) is 25.9 Å². The van der Waals surface area contributed by atoms with Crippen molar-refractivity contribution in [2.45, 2.75) is 57.6 Å². The van der Waals surface area contributed by atoms with Gasteiger partial charge in [-0.3, -0.25) is 4.79 Å². The van der Waals surface area contributed by atoms with E-state index in [4.69, 9.17) is 26.2 Å². The standard InChI is InChI=1S/C19H27ClN2O5/c1-19(2,9-8-17(23)24)22-18(25)21-15-11-13(20)6-7-16(15)27-12-14-5-3-4-10-26-14/h6-7,11,14H,3-5,8-10,12H2,1-2H3,(H,23,24)(H2,21,22,25). The summed E-state index contributed by atoms with van der Waals surface area (Å²) < 4.78 is 11.5. The van der Waals surface area contributed by atoms with Gasteiger partial charge < -0.3 is 25.2 Å². The van der Waals surface area contributed by atoms with Crippen LogP contribution in [0.25, 0.3) is 0 Å². The Morgan fingerprint density at radius 3 is 2.81 bits per heavy atom. The first kappa shape index (κ1) is 21.3. The Balaban J connectivity index is 1.96. The molecule has 0 aliphatic carbocycles. The first-order valence-electron chi connectivity index (χ1n) is 9.10. The molecule has 1 saturated heterocycles. The molecule has 150 valence electrons. The molecule has 3 N–H and O–H groups in total. The Morgan fingerprint density at radius 2 is 2.15 bits per heavy atom. The molecule has 0 aromatic heterocycles. The molecule has 0 spiro atoms. The predicted octanol–water partition coefficient (Wildman–Crippen LogP) is 4.05. The van der Waals surface area contributed by atoms with Crippen molar-refractivity contribution in [3.05, 3.63) is 23.2 Å². The van der Waals surface area contributed by atoms with Crippen LogP contribution in [0.4, 0.5) is 10.5 Å². The molecule has 1 aliphatic rings. The quantitative estimate of drug-likeness (QED) is 0.613. The maximum atomic E-state index is 12.3. The molecule has 1 aromatic carbocycles. The number of hydrogen-bond donors (Lipinski definition) is 3. The Hall–Kier alpha value is -1.99. The van der Waals surface area contributed by atoms with E-state index in [-0.39, 0.29) is 12.5 Å². The number of benzene rings is 1. The fourth-order valence-corrected chi connectivity index (χ4v) is 2.96. The van der Waals surface area contributed by atoms with Crippen LogP contribution < -0.4 is 15.4 Å². The SMILES string of the molecule is CC(C)(CCC(=O)O)NC(=O)Nc1cc(Cl)ccc1OCC1CCCCO1. The molecule has 7 nitrogen and oxygen atoms in total. The summed E-state index contributed by atoms with van der Waals surface area (Å²) in [6.07, 6.45) is 3.48. The van der Waals surface area contributed by atoms with Crippen molar-refractivity contribution in [2.24, 2.45) is 0 Å². The van der Waals surface area contributed by atoms with Crippen molar-refractivity contribution < 1.29 is 24.2 Å². The van der Waals surface area contributed by atoms with Crippen LogP contribution in [0.1, 0.15) is 46.0 Å². The number of urea groups is 1. The number of hydrogen-bond acceptors (Lipinski definition) is 4. The molecule has 0 radical (unpaired) electrons. The molecule has 1 aliphatic heterocycles. The monoisotopic (exact) mass is 398 g/mol. The van der Waals surface area contributed by atoms with Crippen LogP contribution in [-0.4, -0.2) is 42.0 Å². The van der Waals surface area contributed by atoms with Crippen molar-refractivity contribution in [3.63, 3.8) is 0 Å². The number of rotatable bonds is 8. The van der Waals surface area contributed by atoms with E-state index in [1.54, 1.807) is 32.0 Å².